The van der Waals surface area contributed by atoms with Crippen molar-refractivity contribution in [2.45, 2.75) is 59.0 Å². The van der Waals surface area contributed by atoms with Gasteiger partial charge in [0.2, 0.25) is 6.10 Å². The van der Waals surface area contributed by atoms with Crippen LogP contribution in [0.25, 0.3) is 0 Å². The van der Waals surface area contributed by atoms with Crippen LogP contribution in [0.15, 0.2) is 24.3 Å². The van der Waals surface area contributed by atoms with Gasteiger partial charge in [0.15, 0.2) is 12.7 Å². The van der Waals surface area contributed by atoms with Crippen molar-refractivity contribution < 1.29 is 42.9 Å². The van der Waals surface area contributed by atoms with Gasteiger partial charge in [0.05, 0.1) is 13.2 Å². The molecule has 0 aliphatic carbocycles. The molecule has 1 aliphatic heterocycles. The molecule has 10 heteroatoms. The first-order valence-corrected chi connectivity index (χ1v) is 10.7. The summed E-state index contributed by atoms with van der Waals surface area (Å²) in [5.74, 6) is -2.12. The van der Waals surface area contributed by atoms with E-state index in [1.54, 1.807) is 52.0 Å². The van der Waals surface area contributed by atoms with Crippen molar-refractivity contribution in [2.24, 2.45) is 0 Å². The summed E-state index contributed by atoms with van der Waals surface area (Å²) in [6.45, 7) is 8.53. The predicted octanol–water partition coefficient (Wildman–Crippen LogP) is 1.63. The van der Waals surface area contributed by atoms with Gasteiger partial charge in [-0.15, -0.1) is 0 Å². The molecule has 2 rings (SSSR count). The second kappa shape index (κ2) is 11.6. The molecule has 1 aliphatic rings. The zero-order valence-corrected chi connectivity index (χ0v) is 19.6. The summed E-state index contributed by atoms with van der Waals surface area (Å²) in [6.07, 6.45) is -2.84. The van der Waals surface area contributed by atoms with Gasteiger partial charge < -0.3 is 28.6 Å². The van der Waals surface area contributed by atoms with Crippen LogP contribution < -0.4 is 4.74 Å². The number of hydrogen-bond acceptors (Lipinski definition) is 9. The van der Waals surface area contributed by atoms with Crippen molar-refractivity contribution >= 4 is 23.8 Å². The Bertz CT molecular complexity index is 862. The SMILES string of the molecule is CCOC(=O)COc1cccc(CN2CCO[C@H]([C@@H](OC(C)=O)C(=O)OC(C)(C)C)C2=O)c1. The Labute approximate surface area is 193 Å². The highest BCUT2D eigenvalue weighted by molar-refractivity contribution is 5.90. The van der Waals surface area contributed by atoms with Crippen molar-refractivity contribution in [1.29, 1.82) is 0 Å². The van der Waals surface area contributed by atoms with E-state index in [-0.39, 0.29) is 32.9 Å². The average Bonchev–Trinajstić information content (AvgIpc) is 2.71. The number of benzene rings is 1. The maximum Gasteiger partial charge on any atom is 0.351 e. The maximum absolute atomic E-state index is 13.1. The standard InChI is InChI=1S/C23H31NO9/c1-6-29-18(26)14-31-17-9-7-8-16(12-17)13-24-10-11-30-19(21(24)27)20(32-15(2)25)22(28)33-23(3,4)5/h7-9,12,19-20H,6,10-11,13-14H2,1-5H3/t19-,20-/m1/s1. The van der Waals surface area contributed by atoms with Crippen molar-refractivity contribution in [3.63, 3.8) is 0 Å². The number of rotatable bonds is 9. The minimum atomic E-state index is -1.52. The van der Waals surface area contributed by atoms with Crippen LogP contribution in [0.2, 0.25) is 0 Å². The summed E-state index contributed by atoms with van der Waals surface area (Å²) in [6, 6.07) is 6.92. The van der Waals surface area contributed by atoms with Crippen LogP contribution in [0.1, 0.15) is 40.2 Å². The third kappa shape index (κ3) is 8.38. The highest BCUT2D eigenvalue weighted by atomic mass is 16.6. The number of amides is 1. The number of carbonyl (C=O) groups excluding carboxylic acids is 4. The van der Waals surface area contributed by atoms with E-state index in [2.05, 4.69) is 0 Å². The van der Waals surface area contributed by atoms with Crippen LogP contribution in [0.4, 0.5) is 0 Å². The van der Waals surface area contributed by atoms with E-state index in [0.717, 1.165) is 12.5 Å². The molecule has 0 unspecified atom stereocenters. The second-order valence-electron chi connectivity index (χ2n) is 8.36. The van der Waals surface area contributed by atoms with E-state index in [4.69, 9.17) is 23.7 Å². The van der Waals surface area contributed by atoms with Crippen molar-refractivity contribution in [1.82, 2.24) is 4.90 Å². The molecule has 2 atom stereocenters. The van der Waals surface area contributed by atoms with Gasteiger partial charge in [-0.3, -0.25) is 9.59 Å². The average molecular weight is 465 g/mol. The first-order chi connectivity index (χ1) is 15.5. The monoisotopic (exact) mass is 465 g/mol. The van der Waals surface area contributed by atoms with Gasteiger partial charge >= 0.3 is 17.9 Å². The summed E-state index contributed by atoms with van der Waals surface area (Å²) in [5.41, 5.74) is -0.0942. The maximum atomic E-state index is 13.1. The first-order valence-electron chi connectivity index (χ1n) is 10.7. The van der Waals surface area contributed by atoms with Crippen molar-refractivity contribution in [3.8, 4) is 5.75 Å². The Kier molecular flexibility index (Phi) is 9.22. The lowest BCUT2D eigenvalue weighted by Crippen LogP contribution is -2.56. The van der Waals surface area contributed by atoms with E-state index < -0.39 is 41.6 Å². The molecule has 1 heterocycles. The molecule has 0 N–H and O–H groups in total. The fourth-order valence-corrected chi connectivity index (χ4v) is 3.10. The Morgan fingerprint density at radius 3 is 2.61 bits per heavy atom. The van der Waals surface area contributed by atoms with Gasteiger partial charge in [0, 0.05) is 20.0 Å². The summed E-state index contributed by atoms with van der Waals surface area (Å²) in [5, 5.41) is 0. The Morgan fingerprint density at radius 2 is 1.97 bits per heavy atom. The zero-order valence-electron chi connectivity index (χ0n) is 19.6. The Balaban J connectivity index is 2.11. The molecule has 1 saturated heterocycles. The third-order valence-electron chi connectivity index (χ3n) is 4.35. The van der Waals surface area contributed by atoms with Crippen LogP contribution in [-0.2, 0) is 44.7 Å². The largest absolute Gasteiger partial charge is 0.482 e. The molecule has 1 aromatic rings. The van der Waals surface area contributed by atoms with Gasteiger partial charge in [-0.2, -0.15) is 0 Å². The van der Waals surface area contributed by atoms with Crippen LogP contribution in [0.3, 0.4) is 0 Å². The number of esters is 3. The number of ether oxygens (including phenoxy) is 5. The van der Waals surface area contributed by atoms with Gasteiger partial charge in [-0.1, -0.05) is 12.1 Å². The third-order valence-corrected chi connectivity index (χ3v) is 4.35. The number of nitrogens with zero attached hydrogens (tertiary/aromatic N) is 1. The minimum Gasteiger partial charge on any atom is -0.482 e. The molecule has 0 bridgehead atoms. The van der Waals surface area contributed by atoms with Crippen LogP contribution in [0, 0.1) is 0 Å². The van der Waals surface area contributed by atoms with E-state index in [9.17, 15) is 19.2 Å². The minimum absolute atomic E-state index is 0.149. The predicted molar refractivity (Wildman–Crippen MR) is 115 cm³/mol. The number of hydrogen-bond donors (Lipinski definition) is 0. The smallest absolute Gasteiger partial charge is 0.351 e. The molecule has 0 saturated carbocycles. The second-order valence-corrected chi connectivity index (χ2v) is 8.36. The lowest BCUT2D eigenvalue weighted by atomic mass is 10.1. The molecule has 1 aromatic carbocycles. The summed E-state index contributed by atoms with van der Waals surface area (Å²) in [7, 11) is 0. The number of morpholine rings is 1. The molecule has 0 spiro atoms. The molecule has 33 heavy (non-hydrogen) atoms. The molecular weight excluding hydrogens is 434 g/mol. The first kappa shape index (κ1) is 26.1. The summed E-state index contributed by atoms with van der Waals surface area (Å²) >= 11 is 0. The molecule has 10 nitrogen and oxygen atoms in total. The molecule has 1 amide bonds. The van der Waals surface area contributed by atoms with E-state index >= 15 is 0 Å². The van der Waals surface area contributed by atoms with Crippen molar-refractivity contribution in [3.05, 3.63) is 29.8 Å². The summed E-state index contributed by atoms with van der Waals surface area (Å²) < 4.78 is 26.2. The molecule has 182 valence electrons. The van der Waals surface area contributed by atoms with E-state index in [1.165, 1.54) is 4.90 Å². The van der Waals surface area contributed by atoms with Gasteiger partial charge in [-0.25, -0.2) is 9.59 Å². The Morgan fingerprint density at radius 1 is 1.24 bits per heavy atom. The van der Waals surface area contributed by atoms with Crippen molar-refractivity contribution in [2.75, 3.05) is 26.4 Å². The van der Waals surface area contributed by atoms with E-state index in [0.29, 0.717) is 5.75 Å². The van der Waals surface area contributed by atoms with E-state index in [1.807, 2.05) is 0 Å². The highest BCUT2D eigenvalue weighted by Gasteiger charge is 2.44. The van der Waals surface area contributed by atoms with Crippen LogP contribution in [0.5, 0.6) is 5.75 Å². The molecule has 1 fully saturated rings. The molecule has 0 aromatic heterocycles. The normalized spacial score (nSPS) is 17.2. The van der Waals surface area contributed by atoms with Gasteiger partial charge in [-0.05, 0) is 45.4 Å². The highest BCUT2D eigenvalue weighted by Crippen LogP contribution is 2.21. The van der Waals surface area contributed by atoms with Gasteiger partial charge in [0.1, 0.15) is 11.4 Å². The quantitative estimate of drug-likeness (QED) is 0.396. The van der Waals surface area contributed by atoms with Gasteiger partial charge in [0.25, 0.3) is 5.91 Å². The lowest BCUT2D eigenvalue weighted by Gasteiger charge is -2.35. The summed E-state index contributed by atoms with van der Waals surface area (Å²) in [4.78, 5) is 50.3. The van der Waals surface area contributed by atoms with Crippen LogP contribution >= 0.6 is 0 Å². The topological polar surface area (TPSA) is 118 Å². The molecule has 0 radical (unpaired) electrons. The zero-order chi connectivity index (χ0) is 24.6. The van der Waals surface area contributed by atoms with Crippen LogP contribution in [-0.4, -0.2) is 72.9 Å². The fraction of sp³-hybridized carbons (Fsp3) is 0.565. The molecular formula is C23H31NO9. The lowest BCUT2D eigenvalue weighted by molar-refractivity contribution is -0.193. The Hall–Kier alpha value is -3.14. The number of carbonyl (C=O) groups is 4. The fourth-order valence-electron chi connectivity index (χ4n) is 3.10.